The van der Waals surface area contributed by atoms with E-state index in [9.17, 15) is 4.39 Å². The first-order valence-corrected chi connectivity index (χ1v) is 4.55. The van der Waals surface area contributed by atoms with E-state index in [1.54, 1.807) is 0 Å². The van der Waals surface area contributed by atoms with Gasteiger partial charge in [0.25, 0.3) is 0 Å². The average molecular weight is 177 g/mol. The van der Waals surface area contributed by atoms with E-state index in [0.29, 0.717) is 0 Å². The molecule has 0 unspecified atom stereocenters. The molecule has 0 aromatic heterocycles. The lowest BCUT2D eigenvalue weighted by Gasteiger charge is -2.23. The highest BCUT2D eigenvalue weighted by Crippen LogP contribution is 2.18. The number of rotatable bonds is 1. The van der Waals surface area contributed by atoms with Crippen LogP contribution in [-0.2, 0) is 0 Å². The first kappa shape index (κ1) is 8.30. The highest BCUT2D eigenvalue weighted by Gasteiger charge is 2.05. The summed E-state index contributed by atoms with van der Waals surface area (Å²) < 4.78 is 12.6. The zero-order chi connectivity index (χ0) is 9.10. The topological polar surface area (TPSA) is 3.24 Å². The molecule has 1 aromatic carbocycles. The first-order chi connectivity index (χ1) is 6.36. The monoisotopic (exact) mass is 177 g/mol. The Morgan fingerprint density at radius 2 is 1.92 bits per heavy atom. The van der Waals surface area contributed by atoms with Crippen molar-refractivity contribution in [1.29, 1.82) is 0 Å². The van der Waals surface area contributed by atoms with Crippen molar-refractivity contribution in [1.82, 2.24) is 0 Å². The standard InChI is InChI=1S/C11H12FN/c12-10-4-6-11(7-5-10)13-8-2-1-3-9-13/h2,4-8H,1,3,9H2. The minimum absolute atomic E-state index is 0.176. The molecule has 0 N–H and O–H groups in total. The van der Waals surface area contributed by atoms with Crippen molar-refractivity contribution in [2.24, 2.45) is 0 Å². The minimum Gasteiger partial charge on any atom is -0.348 e. The number of benzene rings is 1. The molecule has 0 bridgehead atoms. The van der Waals surface area contributed by atoms with Crippen LogP contribution in [0.4, 0.5) is 10.1 Å². The Morgan fingerprint density at radius 3 is 2.54 bits per heavy atom. The summed E-state index contributed by atoms with van der Waals surface area (Å²) in [5.74, 6) is -0.176. The maximum atomic E-state index is 12.6. The molecule has 1 nitrogen and oxygen atoms in total. The zero-order valence-electron chi connectivity index (χ0n) is 7.41. The van der Waals surface area contributed by atoms with Crippen LogP contribution in [0.25, 0.3) is 0 Å². The van der Waals surface area contributed by atoms with Gasteiger partial charge in [-0.2, -0.15) is 0 Å². The Kier molecular flexibility index (Phi) is 2.30. The molecular formula is C11H12FN. The summed E-state index contributed by atoms with van der Waals surface area (Å²) in [6.07, 6.45) is 6.54. The fourth-order valence-electron chi connectivity index (χ4n) is 1.50. The molecule has 0 saturated carbocycles. The average Bonchev–Trinajstić information content (AvgIpc) is 2.20. The molecule has 0 atom stereocenters. The second kappa shape index (κ2) is 3.60. The van der Waals surface area contributed by atoms with Crippen molar-refractivity contribution in [3.05, 3.63) is 42.4 Å². The molecular weight excluding hydrogens is 165 g/mol. The van der Waals surface area contributed by atoms with Gasteiger partial charge in [0.15, 0.2) is 0 Å². The van der Waals surface area contributed by atoms with Crippen LogP contribution in [-0.4, -0.2) is 6.54 Å². The third-order valence-electron chi connectivity index (χ3n) is 2.21. The Bertz CT molecular complexity index is 302. The molecule has 13 heavy (non-hydrogen) atoms. The maximum Gasteiger partial charge on any atom is 0.123 e. The summed E-state index contributed by atoms with van der Waals surface area (Å²) in [7, 11) is 0. The highest BCUT2D eigenvalue weighted by molar-refractivity contribution is 5.49. The second-order valence-corrected chi connectivity index (χ2v) is 3.20. The summed E-state index contributed by atoms with van der Waals surface area (Å²) in [5.41, 5.74) is 1.07. The fourth-order valence-corrected chi connectivity index (χ4v) is 1.50. The van der Waals surface area contributed by atoms with Crippen LogP contribution in [0, 0.1) is 5.82 Å². The molecule has 2 rings (SSSR count). The van der Waals surface area contributed by atoms with Crippen LogP contribution >= 0.6 is 0 Å². The van der Waals surface area contributed by atoms with Gasteiger partial charge in [-0.1, -0.05) is 6.08 Å². The maximum absolute atomic E-state index is 12.6. The lowest BCUT2D eigenvalue weighted by molar-refractivity contribution is 0.627. The van der Waals surface area contributed by atoms with Gasteiger partial charge in [-0.25, -0.2) is 4.39 Å². The van der Waals surface area contributed by atoms with Crippen LogP contribution < -0.4 is 4.90 Å². The molecule has 1 heterocycles. The van der Waals surface area contributed by atoms with Crippen LogP contribution in [0.15, 0.2) is 36.5 Å². The Labute approximate surface area is 77.5 Å². The van der Waals surface area contributed by atoms with Crippen molar-refractivity contribution in [3.8, 4) is 0 Å². The van der Waals surface area contributed by atoms with Gasteiger partial charge in [0.05, 0.1) is 0 Å². The van der Waals surface area contributed by atoms with Gasteiger partial charge >= 0.3 is 0 Å². The predicted octanol–water partition coefficient (Wildman–Crippen LogP) is 2.94. The summed E-state index contributed by atoms with van der Waals surface area (Å²) >= 11 is 0. The quantitative estimate of drug-likeness (QED) is 0.637. The van der Waals surface area contributed by atoms with Gasteiger partial charge in [-0.15, -0.1) is 0 Å². The van der Waals surface area contributed by atoms with Crippen molar-refractivity contribution >= 4 is 5.69 Å². The smallest absolute Gasteiger partial charge is 0.123 e. The van der Waals surface area contributed by atoms with Crippen molar-refractivity contribution < 1.29 is 4.39 Å². The van der Waals surface area contributed by atoms with Crippen molar-refractivity contribution in [2.45, 2.75) is 12.8 Å². The number of allylic oxidation sites excluding steroid dienone is 1. The van der Waals surface area contributed by atoms with E-state index in [0.717, 1.165) is 18.7 Å². The number of halogens is 1. The SMILES string of the molecule is Fc1ccc(N2C=CCCC2)cc1. The minimum atomic E-state index is -0.176. The molecule has 2 heteroatoms. The summed E-state index contributed by atoms with van der Waals surface area (Å²) in [6.45, 7) is 1.03. The lowest BCUT2D eigenvalue weighted by atomic mass is 10.2. The molecule has 0 radical (unpaired) electrons. The van der Waals surface area contributed by atoms with E-state index in [1.807, 2.05) is 12.1 Å². The number of anilines is 1. The van der Waals surface area contributed by atoms with E-state index < -0.39 is 0 Å². The summed E-state index contributed by atoms with van der Waals surface area (Å²) in [4.78, 5) is 2.14. The van der Waals surface area contributed by atoms with Crippen LogP contribution in [0.2, 0.25) is 0 Å². The van der Waals surface area contributed by atoms with Gasteiger partial charge in [0.1, 0.15) is 5.82 Å². The van der Waals surface area contributed by atoms with E-state index in [2.05, 4.69) is 17.2 Å². The Morgan fingerprint density at radius 1 is 1.15 bits per heavy atom. The molecule has 0 amide bonds. The Balaban J connectivity index is 2.19. The van der Waals surface area contributed by atoms with Gasteiger partial charge in [0, 0.05) is 18.4 Å². The first-order valence-electron chi connectivity index (χ1n) is 4.55. The molecule has 0 fully saturated rings. The van der Waals surface area contributed by atoms with Gasteiger partial charge in [-0.3, -0.25) is 0 Å². The van der Waals surface area contributed by atoms with Gasteiger partial charge in [0.2, 0.25) is 0 Å². The largest absolute Gasteiger partial charge is 0.348 e. The zero-order valence-corrected chi connectivity index (χ0v) is 7.41. The van der Waals surface area contributed by atoms with Crippen molar-refractivity contribution in [2.75, 3.05) is 11.4 Å². The third kappa shape index (κ3) is 1.89. The molecule has 1 aliphatic rings. The van der Waals surface area contributed by atoms with Crippen molar-refractivity contribution in [3.63, 3.8) is 0 Å². The van der Waals surface area contributed by atoms with E-state index in [1.165, 1.54) is 18.6 Å². The van der Waals surface area contributed by atoms with Gasteiger partial charge < -0.3 is 4.90 Å². The highest BCUT2D eigenvalue weighted by atomic mass is 19.1. The molecule has 0 saturated heterocycles. The number of nitrogens with zero attached hydrogens (tertiary/aromatic N) is 1. The van der Waals surface area contributed by atoms with Crippen LogP contribution in [0.3, 0.4) is 0 Å². The molecule has 1 aromatic rings. The van der Waals surface area contributed by atoms with Crippen LogP contribution in [0.5, 0.6) is 0 Å². The van der Waals surface area contributed by atoms with Gasteiger partial charge in [-0.05, 0) is 37.1 Å². The third-order valence-corrected chi connectivity index (χ3v) is 2.21. The predicted molar refractivity (Wildman–Crippen MR) is 52.1 cm³/mol. The molecule has 1 aliphatic heterocycles. The fraction of sp³-hybridized carbons (Fsp3) is 0.273. The second-order valence-electron chi connectivity index (χ2n) is 3.20. The van der Waals surface area contributed by atoms with E-state index in [4.69, 9.17) is 0 Å². The van der Waals surface area contributed by atoms with Crippen LogP contribution in [0.1, 0.15) is 12.8 Å². The summed E-state index contributed by atoms with van der Waals surface area (Å²) in [6, 6.07) is 6.62. The Hall–Kier alpha value is -1.31. The number of hydrogen-bond donors (Lipinski definition) is 0. The van der Waals surface area contributed by atoms with E-state index >= 15 is 0 Å². The van der Waals surface area contributed by atoms with E-state index in [-0.39, 0.29) is 5.82 Å². The summed E-state index contributed by atoms with van der Waals surface area (Å²) in [5, 5.41) is 0. The number of hydrogen-bond acceptors (Lipinski definition) is 1. The molecule has 0 aliphatic carbocycles. The normalized spacial score (nSPS) is 16.2. The molecule has 68 valence electrons. The lowest BCUT2D eigenvalue weighted by Crippen LogP contribution is -2.19. The molecule has 0 spiro atoms.